The Morgan fingerprint density at radius 1 is 1.47 bits per heavy atom. The summed E-state index contributed by atoms with van der Waals surface area (Å²) in [6, 6.07) is 3.89. The number of hydrogen-bond donors (Lipinski definition) is 1. The molecule has 0 spiro atoms. The lowest BCUT2D eigenvalue weighted by Gasteiger charge is -2.22. The van der Waals surface area contributed by atoms with Crippen molar-refractivity contribution in [3.8, 4) is 0 Å². The molecule has 0 bridgehead atoms. The van der Waals surface area contributed by atoms with Crippen molar-refractivity contribution in [2.45, 2.75) is 32.2 Å². The average Bonchev–Trinajstić information content (AvgIpc) is 2.81. The van der Waals surface area contributed by atoms with Crippen molar-refractivity contribution in [1.29, 1.82) is 0 Å². The summed E-state index contributed by atoms with van der Waals surface area (Å²) in [6.45, 7) is 1.29. The van der Waals surface area contributed by atoms with Crippen molar-refractivity contribution < 1.29 is 9.47 Å². The predicted molar refractivity (Wildman–Crippen MR) is 62.3 cm³/mol. The van der Waals surface area contributed by atoms with Crippen LogP contribution in [0, 0.1) is 0 Å². The maximum atomic E-state index is 5.71. The zero-order valence-electron chi connectivity index (χ0n) is 9.56. The Kier molecular flexibility index (Phi) is 3.02. The first-order valence-corrected chi connectivity index (χ1v) is 5.94. The molecule has 90 valence electrons. The summed E-state index contributed by atoms with van der Waals surface area (Å²) in [5.74, 6) is 0. The van der Waals surface area contributed by atoms with Gasteiger partial charge in [-0.05, 0) is 31.4 Å². The molecule has 1 aliphatic rings. The van der Waals surface area contributed by atoms with Crippen molar-refractivity contribution in [3.63, 3.8) is 0 Å². The topological polar surface area (TPSA) is 60.0 Å². The number of nitrogens with zero attached hydrogens (tertiary/aromatic N) is 2. The highest BCUT2D eigenvalue weighted by Crippen LogP contribution is 2.18. The van der Waals surface area contributed by atoms with E-state index in [-0.39, 0.29) is 6.29 Å². The standard InChI is InChI=1S/C12H15N3O2/c1-2-7-16-11(5-1)17-8-10-9-4-3-6-13-12(9)15-14-10/h3-4,6,11H,1-2,5,7-8H2,(H,13,14,15)/t11-/m1/s1. The van der Waals surface area contributed by atoms with Gasteiger partial charge in [-0.1, -0.05) is 0 Å². The van der Waals surface area contributed by atoms with Gasteiger partial charge in [0.1, 0.15) is 0 Å². The third-order valence-electron chi connectivity index (χ3n) is 2.96. The lowest BCUT2D eigenvalue weighted by Crippen LogP contribution is -2.22. The first kappa shape index (κ1) is 10.7. The quantitative estimate of drug-likeness (QED) is 0.880. The molecule has 0 aromatic carbocycles. The smallest absolute Gasteiger partial charge is 0.181 e. The molecule has 0 unspecified atom stereocenters. The molecule has 3 rings (SSSR count). The van der Waals surface area contributed by atoms with Gasteiger partial charge in [-0.2, -0.15) is 5.10 Å². The molecule has 17 heavy (non-hydrogen) atoms. The number of ether oxygens (including phenoxy) is 2. The summed E-state index contributed by atoms with van der Waals surface area (Å²) >= 11 is 0. The largest absolute Gasteiger partial charge is 0.353 e. The molecule has 1 N–H and O–H groups in total. The number of rotatable bonds is 3. The van der Waals surface area contributed by atoms with Gasteiger partial charge in [0.05, 0.1) is 12.3 Å². The second kappa shape index (κ2) is 4.81. The maximum absolute atomic E-state index is 5.71. The summed E-state index contributed by atoms with van der Waals surface area (Å²) < 4.78 is 11.2. The van der Waals surface area contributed by atoms with Gasteiger partial charge in [-0.25, -0.2) is 4.98 Å². The van der Waals surface area contributed by atoms with E-state index >= 15 is 0 Å². The number of hydrogen-bond acceptors (Lipinski definition) is 4. The SMILES string of the molecule is c1cnc2n[nH]c(CO[C@@H]3CCCCO3)c2c1. The summed E-state index contributed by atoms with van der Waals surface area (Å²) in [4.78, 5) is 4.17. The number of aromatic amines is 1. The monoisotopic (exact) mass is 233 g/mol. The molecule has 1 fully saturated rings. The van der Waals surface area contributed by atoms with E-state index in [2.05, 4.69) is 15.2 Å². The van der Waals surface area contributed by atoms with Gasteiger partial charge in [0, 0.05) is 18.2 Å². The normalized spacial score (nSPS) is 20.8. The number of H-pyrrole nitrogens is 1. The fourth-order valence-corrected chi connectivity index (χ4v) is 2.03. The van der Waals surface area contributed by atoms with Crippen molar-refractivity contribution in [2.75, 3.05) is 6.61 Å². The highest BCUT2D eigenvalue weighted by molar-refractivity contribution is 5.77. The zero-order chi connectivity index (χ0) is 11.5. The van der Waals surface area contributed by atoms with Crippen LogP contribution in [-0.2, 0) is 16.1 Å². The van der Waals surface area contributed by atoms with Crippen LogP contribution < -0.4 is 0 Å². The van der Waals surface area contributed by atoms with E-state index in [0.717, 1.165) is 36.2 Å². The third-order valence-corrected chi connectivity index (χ3v) is 2.96. The Balaban J connectivity index is 1.68. The molecule has 2 aromatic rings. The lowest BCUT2D eigenvalue weighted by molar-refractivity contribution is -0.169. The number of aromatic nitrogens is 3. The lowest BCUT2D eigenvalue weighted by atomic mass is 10.2. The van der Waals surface area contributed by atoms with Crippen LogP contribution in [0.1, 0.15) is 25.0 Å². The predicted octanol–water partition coefficient (Wildman–Crippen LogP) is 2.00. The van der Waals surface area contributed by atoms with Gasteiger partial charge < -0.3 is 9.47 Å². The molecule has 5 heteroatoms. The van der Waals surface area contributed by atoms with Crippen molar-refractivity contribution in [1.82, 2.24) is 15.2 Å². The minimum atomic E-state index is -0.0706. The molecule has 0 saturated carbocycles. The molecule has 2 aromatic heterocycles. The van der Waals surface area contributed by atoms with Crippen LogP contribution in [0.25, 0.3) is 11.0 Å². The molecule has 1 saturated heterocycles. The Morgan fingerprint density at radius 2 is 2.47 bits per heavy atom. The number of fused-ring (bicyclic) bond motifs is 1. The first-order valence-electron chi connectivity index (χ1n) is 5.94. The van der Waals surface area contributed by atoms with Crippen LogP contribution in [-0.4, -0.2) is 28.1 Å². The fourth-order valence-electron chi connectivity index (χ4n) is 2.03. The van der Waals surface area contributed by atoms with Crippen molar-refractivity contribution in [2.24, 2.45) is 0 Å². The Bertz CT molecular complexity index is 491. The summed E-state index contributed by atoms with van der Waals surface area (Å²) in [7, 11) is 0. The molecular formula is C12H15N3O2. The van der Waals surface area contributed by atoms with Gasteiger partial charge in [0.15, 0.2) is 11.9 Å². The van der Waals surface area contributed by atoms with Gasteiger partial charge >= 0.3 is 0 Å². The Labute approximate surface area is 99.1 Å². The number of nitrogens with one attached hydrogen (secondary N) is 1. The summed E-state index contributed by atoms with van der Waals surface area (Å²) in [6.07, 6.45) is 4.95. The van der Waals surface area contributed by atoms with E-state index in [4.69, 9.17) is 9.47 Å². The van der Waals surface area contributed by atoms with Gasteiger partial charge in [-0.3, -0.25) is 5.10 Å². The highest BCUT2D eigenvalue weighted by Gasteiger charge is 2.15. The fraction of sp³-hybridized carbons (Fsp3) is 0.500. The average molecular weight is 233 g/mol. The van der Waals surface area contributed by atoms with Crippen LogP contribution >= 0.6 is 0 Å². The van der Waals surface area contributed by atoms with Crippen LogP contribution in [0.2, 0.25) is 0 Å². The molecule has 0 radical (unpaired) electrons. The van der Waals surface area contributed by atoms with Gasteiger partial charge in [0.25, 0.3) is 0 Å². The zero-order valence-corrected chi connectivity index (χ0v) is 9.56. The van der Waals surface area contributed by atoms with Crippen molar-refractivity contribution >= 4 is 11.0 Å². The highest BCUT2D eigenvalue weighted by atomic mass is 16.7. The van der Waals surface area contributed by atoms with E-state index in [1.54, 1.807) is 6.20 Å². The van der Waals surface area contributed by atoms with E-state index in [0.29, 0.717) is 6.61 Å². The summed E-state index contributed by atoms with van der Waals surface area (Å²) in [5, 5.41) is 8.10. The minimum absolute atomic E-state index is 0.0706. The third kappa shape index (κ3) is 2.30. The Hall–Kier alpha value is -1.46. The Morgan fingerprint density at radius 3 is 3.35 bits per heavy atom. The molecule has 3 heterocycles. The van der Waals surface area contributed by atoms with E-state index in [1.807, 2.05) is 12.1 Å². The molecule has 1 atom stereocenters. The van der Waals surface area contributed by atoms with Crippen LogP contribution in [0.4, 0.5) is 0 Å². The maximum Gasteiger partial charge on any atom is 0.181 e. The van der Waals surface area contributed by atoms with Gasteiger partial charge in [0.2, 0.25) is 0 Å². The molecule has 5 nitrogen and oxygen atoms in total. The van der Waals surface area contributed by atoms with Crippen LogP contribution in [0.3, 0.4) is 0 Å². The van der Waals surface area contributed by atoms with Crippen LogP contribution in [0.15, 0.2) is 18.3 Å². The van der Waals surface area contributed by atoms with Gasteiger partial charge in [-0.15, -0.1) is 0 Å². The molecule has 0 amide bonds. The second-order valence-electron chi connectivity index (χ2n) is 4.18. The number of pyridine rings is 1. The van der Waals surface area contributed by atoms with E-state index in [9.17, 15) is 0 Å². The molecular weight excluding hydrogens is 218 g/mol. The van der Waals surface area contributed by atoms with Crippen LogP contribution in [0.5, 0.6) is 0 Å². The molecule has 0 aliphatic carbocycles. The second-order valence-corrected chi connectivity index (χ2v) is 4.18. The minimum Gasteiger partial charge on any atom is -0.353 e. The van der Waals surface area contributed by atoms with E-state index in [1.165, 1.54) is 6.42 Å². The first-order chi connectivity index (χ1) is 8.43. The summed E-state index contributed by atoms with van der Waals surface area (Å²) in [5.41, 5.74) is 1.69. The van der Waals surface area contributed by atoms with E-state index < -0.39 is 0 Å². The van der Waals surface area contributed by atoms with Crippen molar-refractivity contribution in [3.05, 3.63) is 24.0 Å². The molecule has 1 aliphatic heterocycles.